The Kier molecular flexibility index (Phi) is 9.38. The first kappa shape index (κ1) is 28.8. The third-order valence-corrected chi connectivity index (χ3v) is 9.75. The van der Waals surface area contributed by atoms with Crippen molar-refractivity contribution < 1.29 is 13.2 Å². The number of hydrogen-bond acceptors (Lipinski definition) is 6. The number of thiophene rings is 1. The summed E-state index contributed by atoms with van der Waals surface area (Å²) in [6.07, 6.45) is 3.13. The third kappa shape index (κ3) is 7.35. The van der Waals surface area contributed by atoms with Gasteiger partial charge in [-0.2, -0.15) is 4.31 Å². The minimum Gasteiger partial charge on any atom is -0.332 e. The third-order valence-electron chi connectivity index (χ3n) is 6.80. The first-order chi connectivity index (χ1) is 19.9. The Bertz CT molecular complexity index is 1540. The highest BCUT2D eigenvalue weighted by molar-refractivity contribution is 7.89. The zero-order valence-electron chi connectivity index (χ0n) is 22.2. The summed E-state index contributed by atoms with van der Waals surface area (Å²) in [7, 11) is -3.67. The fraction of sp³-hybridized carbons (Fsp3) is 0.161. The molecule has 0 radical (unpaired) electrons. The van der Waals surface area contributed by atoms with E-state index in [1.54, 1.807) is 34.6 Å². The quantitative estimate of drug-likeness (QED) is 0.209. The number of nitrogens with zero attached hydrogens (tertiary/aromatic N) is 2. The van der Waals surface area contributed by atoms with Crippen molar-refractivity contribution in [1.29, 1.82) is 0 Å². The van der Waals surface area contributed by atoms with Crippen LogP contribution >= 0.6 is 23.6 Å². The van der Waals surface area contributed by atoms with Crippen molar-refractivity contribution >= 4 is 56.4 Å². The predicted molar refractivity (Wildman–Crippen MR) is 169 cm³/mol. The molecular formula is C31H30N4O3S3. The van der Waals surface area contributed by atoms with Crippen molar-refractivity contribution in [1.82, 2.24) is 14.5 Å². The molecule has 1 aliphatic heterocycles. The van der Waals surface area contributed by atoms with Crippen molar-refractivity contribution in [3.8, 4) is 0 Å². The fourth-order valence-electron chi connectivity index (χ4n) is 4.81. The van der Waals surface area contributed by atoms with E-state index in [2.05, 4.69) is 39.8 Å². The zero-order chi connectivity index (χ0) is 28.7. The first-order valence-corrected chi connectivity index (χ1v) is 15.9. The van der Waals surface area contributed by atoms with Crippen LogP contribution in [0.15, 0.2) is 113 Å². The molecule has 7 nitrogen and oxygen atoms in total. The van der Waals surface area contributed by atoms with Crippen LogP contribution in [0.5, 0.6) is 0 Å². The molecule has 1 amide bonds. The van der Waals surface area contributed by atoms with Gasteiger partial charge >= 0.3 is 0 Å². The van der Waals surface area contributed by atoms with Crippen LogP contribution in [0, 0.1) is 0 Å². The molecule has 0 aliphatic carbocycles. The van der Waals surface area contributed by atoms with E-state index in [1.165, 1.54) is 28.5 Å². The number of nitrogens with one attached hydrogen (secondary N) is 2. The number of carbonyl (C=O) groups excluding carboxylic acids is 1. The van der Waals surface area contributed by atoms with Gasteiger partial charge in [-0.25, -0.2) is 8.42 Å². The maximum absolute atomic E-state index is 13.4. The first-order valence-electron chi connectivity index (χ1n) is 13.2. The van der Waals surface area contributed by atoms with Gasteiger partial charge in [-0.3, -0.25) is 15.0 Å². The second-order valence-corrected chi connectivity index (χ2v) is 12.8. The topological polar surface area (TPSA) is 81.8 Å². The van der Waals surface area contributed by atoms with E-state index in [0.717, 1.165) is 4.88 Å². The molecule has 2 N–H and O–H groups in total. The standard InChI is InChI=1S/C31H30N4O3S3/c36-29(18-15-27-12-7-23-40-27)33-31(39)32-26-13-16-28(17-14-26)41(37,38)35-21-19-34(20-22-35)30(24-8-3-1-4-9-24)25-10-5-2-6-11-25/h1-18,23,30H,19-22H2,(H2,32,33,36,39)/b18-15+. The fourth-order valence-corrected chi connectivity index (χ4v) is 7.06. The lowest BCUT2D eigenvalue weighted by Crippen LogP contribution is -2.49. The summed E-state index contributed by atoms with van der Waals surface area (Å²) < 4.78 is 28.4. The summed E-state index contributed by atoms with van der Waals surface area (Å²) in [4.78, 5) is 15.6. The summed E-state index contributed by atoms with van der Waals surface area (Å²) in [5, 5.41) is 7.58. The highest BCUT2D eigenvalue weighted by Crippen LogP contribution is 2.30. The molecule has 10 heteroatoms. The maximum atomic E-state index is 13.4. The van der Waals surface area contributed by atoms with Gasteiger partial charge in [0.1, 0.15) is 0 Å². The van der Waals surface area contributed by atoms with Crippen LogP contribution in [-0.4, -0.2) is 54.8 Å². The summed E-state index contributed by atoms with van der Waals surface area (Å²) in [6, 6.07) is 30.9. The molecule has 2 heterocycles. The Morgan fingerprint density at radius 1 is 0.829 bits per heavy atom. The predicted octanol–water partition coefficient (Wildman–Crippen LogP) is 5.37. The Morgan fingerprint density at radius 2 is 1.44 bits per heavy atom. The largest absolute Gasteiger partial charge is 0.332 e. The van der Waals surface area contributed by atoms with Crippen molar-refractivity contribution in [2.45, 2.75) is 10.9 Å². The highest BCUT2D eigenvalue weighted by Gasteiger charge is 2.32. The van der Waals surface area contributed by atoms with Gasteiger partial charge in [0.2, 0.25) is 15.9 Å². The molecular weight excluding hydrogens is 573 g/mol. The number of amides is 1. The lowest BCUT2D eigenvalue weighted by atomic mass is 9.96. The van der Waals surface area contributed by atoms with Gasteiger partial charge < -0.3 is 5.32 Å². The number of benzene rings is 3. The van der Waals surface area contributed by atoms with E-state index in [4.69, 9.17) is 12.2 Å². The van der Waals surface area contributed by atoms with Gasteiger partial charge in [-0.1, -0.05) is 66.7 Å². The zero-order valence-corrected chi connectivity index (χ0v) is 24.7. The maximum Gasteiger partial charge on any atom is 0.250 e. The second-order valence-electron chi connectivity index (χ2n) is 9.48. The molecule has 1 aromatic heterocycles. The lowest BCUT2D eigenvalue weighted by Gasteiger charge is -2.39. The molecule has 1 saturated heterocycles. The molecule has 1 aliphatic rings. The van der Waals surface area contributed by atoms with Gasteiger partial charge in [0.05, 0.1) is 10.9 Å². The van der Waals surface area contributed by atoms with Gasteiger partial charge in [0.15, 0.2) is 5.11 Å². The molecule has 1 fully saturated rings. The normalized spacial score (nSPS) is 14.8. The van der Waals surface area contributed by atoms with Crippen LogP contribution in [0.1, 0.15) is 22.0 Å². The Morgan fingerprint density at radius 3 is 2.00 bits per heavy atom. The van der Waals surface area contributed by atoms with E-state index in [-0.39, 0.29) is 22.0 Å². The molecule has 5 rings (SSSR count). The average Bonchev–Trinajstić information content (AvgIpc) is 3.52. The number of anilines is 1. The molecule has 0 atom stereocenters. The average molecular weight is 603 g/mol. The number of piperazine rings is 1. The van der Waals surface area contributed by atoms with E-state index < -0.39 is 10.0 Å². The number of rotatable bonds is 8. The molecule has 0 saturated carbocycles. The van der Waals surface area contributed by atoms with Crippen LogP contribution in [0.25, 0.3) is 6.08 Å². The van der Waals surface area contributed by atoms with Crippen LogP contribution in [0.3, 0.4) is 0 Å². The van der Waals surface area contributed by atoms with E-state index in [1.807, 2.05) is 53.9 Å². The van der Waals surface area contributed by atoms with Crippen LogP contribution < -0.4 is 10.6 Å². The molecule has 0 bridgehead atoms. The second kappa shape index (κ2) is 13.3. The van der Waals surface area contributed by atoms with E-state index >= 15 is 0 Å². The molecule has 0 unspecified atom stereocenters. The minimum absolute atomic E-state index is 0.0585. The summed E-state index contributed by atoms with van der Waals surface area (Å²) >= 11 is 6.76. The Hall–Kier alpha value is -3.67. The summed E-state index contributed by atoms with van der Waals surface area (Å²) in [5.41, 5.74) is 2.95. The van der Waals surface area contributed by atoms with Crippen molar-refractivity contribution in [3.05, 3.63) is 125 Å². The van der Waals surface area contributed by atoms with Crippen molar-refractivity contribution in [3.63, 3.8) is 0 Å². The molecule has 3 aromatic carbocycles. The van der Waals surface area contributed by atoms with Gasteiger partial charge in [0, 0.05) is 42.8 Å². The number of sulfonamides is 1. The van der Waals surface area contributed by atoms with Crippen LogP contribution in [-0.2, 0) is 14.8 Å². The summed E-state index contributed by atoms with van der Waals surface area (Å²) in [5.74, 6) is -0.351. The van der Waals surface area contributed by atoms with Gasteiger partial charge in [0.25, 0.3) is 0 Å². The number of thiocarbonyl (C=S) groups is 1. The molecule has 210 valence electrons. The molecule has 4 aromatic rings. The van der Waals surface area contributed by atoms with E-state index in [9.17, 15) is 13.2 Å². The van der Waals surface area contributed by atoms with E-state index in [0.29, 0.717) is 31.9 Å². The Labute approximate surface area is 250 Å². The summed E-state index contributed by atoms with van der Waals surface area (Å²) in [6.45, 7) is 2.02. The molecule has 0 spiro atoms. The number of hydrogen-bond donors (Lipinski definition) is 2. The van der Waals surface area contributed by atoms with Gasteiger partial charge in [-0.05, 0) is 65.1 Å². The monoisotopic (exact) mass is 602 g/mol. The molecule has 41 heavy (non-hydrogen) atoms. The highest BCUT2D eigenvalue weighted by atomic mass is 32.2. The van der Waals surface area contributed by atoms with Crippen molar-refractivity contribution in [2.75, 3.05) is 31.5 Å². The van der Waals surface area contributed by atoms with Gasteiger partial charge in [-0.15, -0.1) is 11.3 Å². The minimum atomic E-state index is -3.67. The Balaban J connectivity index is 1.19. The van der Waals surface area contributed by atoms with Crippen LogP contribution in [0.2, 0.25) is 0 Å². The smallest absolute Gasteiger partial charge is 0.250 e. The van der Waals surface area contributed by atoms with Crippen molar-refractivity contribution in [2.24, 2.45) is 0 Å². The number of carbonyl (C=O) groups is 1. The SMILES string of the molecule is O=C(/C=C/c1cccs1)NC(=S)Nc1ccc(S(=O)(=O)N2CCN(C(c3ccccc3)c3ccccc3)CC2)cc1. The lowest BCUT2D eigenvalue weighted by molar-refractivity contribution is -0.115. The van der Waals surface area contributed by atoms with Crippen LogP contribution in [0.4, 0.5) is 5.69 Å².